The standard InChI is InChI=1S/C38H42F3N7O4/c39-38(40,41)29-6-3-5-27(21-29)35(51)44-36-42-31-20-26(10-13-33(31)48(36)30-11-8-25(24-49)9-12-30)22-45-16-18-46(19-17-45)23-28-4-1-2-7-32(28)47-15-14-34(50)43-37(47)52/h1-7,10,13,20-21,25,30,49H,8-9,11-12,14-19,22-24H2,(H,42,44,51)(H,43,50,52). The molecule has 14 heteroatoms. The topological polar surface area (TPSA) is 123 Å². The van der Waals surface area contributed by atoms with Crippen LogP contribution in [0.15, 0.2) is 66.7 Å². The number of piperazine rings is 1. The van der Waals surface area contributed by atoms with Crippen molar-refractivity contribution in [1.29, 1.82) is 0 Å². The molecule has 0 atom stereocenters. The zero-order valence-electron chi connectivity index (χ0n) is 28.7. The number of para-hydroxylation sites is 1. The number of hydrogen-bond donors (Lipinski definition) is 3. The molecule has 274 valence electrons. The molecule has 3 N–H and O–H groups in total. The first-order chi connectivity index (χ1) is 25.1. The maximum absolute atomic E-state index is 13.4. The van der Waals surface area contributed by atoms with Gasteiger partial charge in [-0.25, -0.2) is 9.78 Å². The van der Waals surface area contributed by atoms with Gasteiger partial charge in [-0.1, -0.05) is 30.3 Å². The Kier molecular flexibility index (Phi) is 10.3. The highest BCUT2D eigenvalue weighted by Crippen LogP contribution is 2.37. The molecule has 7 rings (SSSR count). The Morgan fingerprint density at radius 1 is 0.885 bits per heavy atom. The lowest BCUT2D eigenvalue weighted by molar-refractivity contribution is -0.137. The molecular formula is C38H42F3N7O4. The van der Waals surface area contributed by atoms with Crippen LogP contribution in [-0.2, 0) is 24.1 Å². The van der Waals surface area contributed by atoms with E-state index in [0.29, 0.717) is 31.1 Å². The predicted molar refractivity (Wildman–Crippen MR) is 190 cm³/mol. The minimum atomic E-state index is -4.57. The fraction of sp³-hybridized carbons (Fsp3) is 0.421. The summed E-state index contributed by atoms with van der Waals surface area (Å²) in [5.41, 5.74) is 3.44. The number of amides is 4. The van der Waals surface area contributed by atoms with Gasteiger partial charge in [-0.2, -0.15) is 13.2 Å². The number of carbonyl (C=O) groups is 3. The molecule has 0 unspecified atom stereocenters. The van der Waals surface area contributed by atoms with Crippen molar-refractivity contribution in [3.05, 3.63) is 89.0 Å². The molecule has 4 aromatic rings. The number of hydrogen-bond acceptors (Lipinski definition) is 7. The molecule has 0 bridgehead atoms. The number of benzene rings is 3. The number of aliphatic hydroxyl groups excluding tert-OH is 1. The molecule has 11 nitrogen and oxygen atoms in total. The van der Waals surface area contributed by atoms with Crippen LogP contribution in [0.4, 0.5) is 29.6 Å². The number of nitrogens with zero attached hydrogens (tertiary/aromatic N) is 5. The molecule has 1 saturated carbocycles. The van der Waals surface area contributed by atoms with Gasteiger partial charge >= 0.3 is 12.2 Å². The van der Waals surface area contributed by atoms with Crippen LogP contribution >= 0.6 is 0 Å². The van der Waals surface area contributed by atoms with E-state index in [4.69, 9.17) is 4.98 Å². The Balaban J connectivity index is 1.04. The lowest BCUT2D eigenvalue weighted by Crippen LogP contribution is -2.50. The summed E-state index contributed by atoms with van der Waals surface area (Å²) >= 11 is 0. The van der Waals surface area contributed by atoms with E-state index in [1.807, 2.05) is 41.0 Å². The van der Waals surface area contributed by atoms with E-state index in [-0.39, 0.29) is 36.5 Å². The van der Waals surface area contributed by atoms with E-state index in [9.17, 15) is 32.7 Å². The average molecular weight is 718 g/mol. The van der Waals surface area contributed by atoms with Gasteiger partial charge in [0.15, 0.2) is 0 Å². The zero-order chi connectivity index (χ0) is 36.4. The normalized spacial score (nSPS) is 20.7. The van der Waals surface area contributed by atoms with Crippen LogP contribution in [0.2, 0.25) is 0 Å². The smallest absolute Gasteiger partial charge is 0.396 e. The van der Waals surface area contributed by atoms with Gasteiger partial charge in [0.05, 0.1) is 16.6 Å². The molecule has 2 saturated heterocycles. The number of halogens is 3. The molecule has 4 amide bonds. The van der Waals surface area contributed by atoms with Crippen molar-refractivity contribution in [3.8, 4) is 0 Å². The first-order valence-electron chi connectivity index (χ1n) is 17.8. The highest BCUT2D eigenvalue weighted by molar-refractivity contribution is 6.06. The van der Waals surface area contributed by atoms with E-state index in [0.717, 1.165) is 86.3 Å². The molecule has 0 radical (unpaired) electrons. The van der Waals surface area contributed by atoms with E-state index >= 15 is 0 Å². The number of rotatable bonds is 9. The second-order valence-electron chi connectivity index (χ2n) is 14.0. The van der Waals surface area contributed by atoms with E-state index in [2.05, 4.69) is 26.5 Å². The zero-order valence-corrected chi connectivity index (χ0v) is 28.7. The van der Waals surface area contributed by atoms with Gasteiger partial charge in [-0.15, -0.1) is 0 Å². The van der Waals surface area contributed by atoms with Gasteiger partial charge in [-0.05, 0) is 79.1 Å². The van der Waals surface area contributed by atoms with Gasteiger partial charge in [0, 0.05) is 76.1 Å². The SMILES string of the molecule is O=C1CCN(c2ccccc2CN2CCN(Cc3ccc4c(c3)nc(NC(=O)c3cccc(C(F)(F)F)c3)n4C3CCC(CO)CC3)CC2)C(=O)N1. The van der Waals surface area contributed by atoms with Crippen molar-refractivity contribution >= 4 is 40.5 Å². The van der Waals surface area contributed by atoms with E-state index < -0.39 is 23.7 Å². The van der Waals surface area contributed by atoms with E-state index in [1.54, 1.807) is 4.90 Å². The quantitative estimate of drug-likeness (QED) is 0.200. The van der Waals surface area contributed by atoms with E-state index in [1.165, 1.54) is 12.1 Å². The van der Waals surface area contributed by atoms with Crippen LogP contribution < -0.4 is 15.5 Å². The van der Waals surface area contributed by atoms with Gasteiger partial charge in [0.1, 0.15) is 0 Å². The third-order valence-electron chi connectivity index (χ3n) is 10.5. The Labute approximate surface area is 299 Å². The number of imide groups is 1. The van der Waals surface area contributed by atoms with Crippen LogP contribution in [0.3, 0.4) is 0 Å². The summed E-state index contributed by atoms with van der Waals surface area (Å²) in [5, 5.41) is 14.9. The Hall–Kier alpha value is -4.79. The highest BCUT2D eigenvalue weighted by Gasteiger charge is 2.32. The summed E-state index contributed by atoms with van der Waals surface area (Å²) in [6, 6.07) is 17.9. The maximum atomic E-state index is 13.4. The predicted octanol–water partition coefficient (Wildman–Crippen LogP) is 5.80. The summed E-state index contributed by atoms with van der Waals surface area (Å²) in [7, 11) is 0. The molecule has 1 aliphatic carbocycles. The van der Waals surface area contributed by atoms with Gasteiger partial charge < -0.3 is 9.67 Å². The maximum Gasteiger partial charge on any atom is 0.416 e. The molecule has 3 heterocycles. The number of alkyl halides is 3. The van der Waals surface area contributed by atoms with Crippen LogP contribution in [-0.4, -0.2) is 81.6 Å². The first kappa shape index (κ1) is 35.6. The molecular weight excluding hydrogens is 675 g/mol. The molecule has 3 aromatic carbocycles. The number of imidazole rings is 1. The summed E-state index contributed by atoms with van der Waals surface area (Å²) < 4.78 is 42.2. The Morgan fingerprint density at radius 3 is 2.33 bits per heavy atom. The fourth-order valence-electron chi connectivity index (χ4n) is 7.60. The van der Waals surface area contributed by atoms with Crippen molar-refractivity contribution in [1.82, 2.24) is 24.7 Å². The fourth-order valence-corrected chi connectivity index (χ4v) is 7.60. The van der Waals surface area contributed by atoms with Crippen LogP contribution in [0.1, 0.15) is 65.2 Å². The van der Waals surface area contributed by atoms with Crippen molar-refractivity contribution < 1.29 is 32.7 Å². The minimum Gasteiger partial charge on any atom is -0.396 e. The summed E-state index contributed by atoms with van der Waals surface area (Å²) in [5.74, 6) is -0.407. The number of aliphatic hydroxyl groups is 1. The third kappa shape index (κ3) is 7.83. The van der Waals surface area contributed by atoms with Crippen molar-refractivity contribution in [3.63, 3.8) is 0 Å². The number of carbonyl (C=O) groups excluding carboxylic acids is 3. The van der Waals surface area contributed by atoms with Crippen molar-refractivity contribution in [2.75, 3.05) is 49.5 Å². The molecule has 52 heavy (non-hydrogen) atoms. The number of aromatic nitrogens is 2. The molecule has 1 aromatic heterocycles. The molecule has 3 fully saturated rings. The van der Waals surface area contributed by atoms with Gasteiger partial charge in [-0.3, -0.25) is 34.9 Å². The largest absolute Gasteiger partial charge is 0.416 e. The third-order valence-corrected chi connectivity index (χ3v) is 10.5. The van der Waals surface area contributed by atoms with Crippen molar-refractivity contribution in [2.45, 2.75) is 57.4 Å². The number of fused-ring (bicyclic) bond motifs is 1. The second-order valence-corrected chi connectivity index (χ2v) is 14.0. The lowest BCUT2D eigenvalue weighted by atomic mass is 9.86. The molecule has 3 aliphatic rings. The van der Waals surface area contributed by atoms with Crippen LogP contribution in [0, 0.1) is 5.92 Å². The number of nitrogens with one attached hydrogen (secondary N) is 2. The van der Waals surface area contributed by atoms with Crippen LogP contribution in [0.5, 0.6) is 0 Å². The summed E-state index contributed by atoms with van der Waals surface area (Å²) in [6.07, 6.45) is -1.08. The highest BCUT2D eigenvalue weighted by atomic mass is 19.4. The Morgan fingerprint density at radius 2 is 1.62 bits per heavy atom. The minimum absolute atomic E-state index is 0.0143. The molecule has 2 aliphatic heterocycles. The molecule has 0 spiro atoms. The van der Waals surface area contributed by atoms with Crippen molar-refractivity contribution in [2.24, 2.45) is 5.92 Å². The summed E-state index contributed by atoms with van der Waals surface area (Å²) in [4.78, 5) is 48.7. The number of urea groups is 1. The lowest BCUT2D eigenvalue weighted by Gasteiger charge is -2.36. The average Bonchev–Trinajstić information content (AvgIpc) is 3.49. The first-order valence-corrected chi connectivity index (χ1v) is 17.8. The Bertz CT molecular complexity index is 1950. The summed E-state index contributed by atoms with van der Waals surface area (Å²) in [6.45, 7) is 5.19. The van der Waals surface area contributed by atoms with Gasteiger partial charge in [0.2, 0.25) is 11.9 Å². The van der Waals surface area contributed by atoms with Crippen LogP contribution in [0.25, 0.3) is 11.0 Å². The number of anilines is 2. The monoisotopic (exact) mass is 717 g/mol. The second kappa shape index (κ2) is 15.1. The van der Waals surface area contributed by atoms with Gasteiger partial charge in [0.25, 0.3) is 5.91 Å².